The molecule has 0 fully saturated rings. The number of nitrogens with two attached hydrogens (primary N) is 2. The van der Waals surface area contributed by atoms with E-state index in [1.54, 1.807) is 41.3 Å². The van der Waals surface area contributed by atoms with Crippen molar-refractivity contribution >= 4 is 29.1 Å². The second kappa shape index (κ2) is 7.91. The Bertz CT molecular complexity index is 726. The maximum absolute atomic E-state index is 11.9. The van der Waals surface area contributed by atoms with Crippen LogP contribution in [0.5, 0.6) is 5.75 Å². The van der Waals surface area contributed by atoms with Gasteiger partial charge >= 0.3 is 6.09 Å². The quantitative estimate of drug-likeness (QED) is 0.814. The Balaban J connectivity index is 2.04. The Morgan fingerprint density at radius 2 is 1.75 bits per heavy atom. The highest BCUT2D eigenvalue weighted by atomic mass is 16.6. The number of amides is 1. The molecule has 0 bridgehead atoms. The summed E-state index contributed by atoms with van der Waals surface area (Å²) in [5.74, 6) is 0.980. The molecule has 24 heavy (non-hydrogen) atoms. The van der Waals surface area contributed by atoms with Crippen LogP contribution in [0.25, 0.3) is 0 Å². The molecule has 2 rings (SSSR count). The number of pyridine rings is 1. The van der Waals surface area contributed by atoms with E-state index in [0.29, 0.717) is 36.0 Å². The Labute approximate surface area is 140 Å². The van der Waals surface area contributed by atoms with Gasteiger partial charge in [0.25, 0.3) is 0 Å². The molecular formula is C16H20N6O2. The number of hydrogen-bond acceptors (Lipinski definition) is 7. The molecule has 1 aromatic carbocycles. The number of benzene rings is 1. The fourth-order valence-electron chi connectivity index (χ4n) is 1.91. The first-order valence-electron chi connectivity index (χ1n) is 7.54. The number of carbonyl (C=O) groups excluding carboxylic acids is 1. The zero-order chi connectivity index (χ0) is 17.5. The summed E-state index contributed by atoms with van der Waals surface area (Å²) in [5, 5.41) is 8.10. The Hall–Kier alpha value is -3.16. The van der Waals surface area contributed by atoms with Gasteiger partial charge in [-0.25, -0.2) is 9.78 Å². The average Bonchev–Trinajstić information content (AvgIpc) is 2.56. The maximum Gasteiger partial charge on any atom is 0.415 e. The molecule has 0 radical (unpaired) electrons. The van der Waals surface area contributed by atoms with Gasteiger partial charge in [0.05, 0.1) is 5.69 Å². The highest BCUT2D eigenvalue weighted by Crippen LogP contribution is 2.25. The normalized spacial score (nSPS) is 10.8. The van der Waals surface area contributed by atoms with Gasteiger partial charge in [-0.15, -0.1) is 5.11 Å². The molecule has 0 aliphatic rings. The number of hydrogen-bond donors (Lipinski definition) is 2. The first-order valence-corrected chi connectivity index (χ1v) is 7.54. The summed E-state index contributed by atoms with van der Waals surface area (Å²) in [6.07, 6.45) is -0.380. The average molecular weight is 328 g/mol. The number of aromatic nitrogens is 1. The lowest BCUT2D eigenvalue weighted by Gasteiger charge is -2.17. The molecule has 0 atom stereocenters. The molecule has 2 aromatic rings. The molecular weight excluding hydrogens is 308 g/mol. The SMILES string of the molecule is CCN(CC)C(=O)Oc1ccc(/N=N/c2ccc(N)nc2N)cc1. The van der Waals surface area contributed by atoms with Gasteiger partial charge in [0, 0.05) is 13.1 Å². The molecule has 0 aliphatic carbocycles. The van der Waals surface area contributed by atoms with E-state index in [4.69, 9.17) is 16.2 Å². The lowest BCUT2D eigenvalue weighted by atomic mass is 10.3. The minimum absolute atomic E-state index is 0.212. The summed E-state index contributed by atoms with van der Waals surface area (Å²) >= 11 is 0. The number of anilines is 2. The van der Waals surface area contributed by atoms with Crippen molar-refractivity contribution in [2.45, 2.75) is 13.8 Å². The van der Waals surface area contributed by atoms with Gasteiger partial charge in [-0.1, -0.05) is 0 Å². The largest absolute Gasteiger partial charge is 0.415 e. The third kappa shape index (κ3) is 4.42. The van der Waals surface area contributed by atoms with Crippen LogP contribution in [-0.2, 0) is 0 Å². The molecule has 8 nitrogen and oxygen atoms in total. The van der Waals surface area contributed by atoms with Gasteiger partial charge in [-0.3, -0.25) is 0 Å². The van der Waals surface area contributed by atoms with Gasteiger partial charge in [-0.2, -0.15) is 5.11 Å². The zero-order valence-electron chi connectivity index (χ0n) is 13.6. The molecule has 1 amide bonds. The smallest absolute Gasteiger partial charge is 0.410 e. The molecule has 0 saturated carbocycles. The van der Waals surface area contributed by atoms with Crippen molar-refractivity contribution in [3.05, 3.63) is 36.4 Å². The predicted molar refractivity (Wildman–Crippen MR) is 92.6 cm³/mol. The number of nitrogen functional groups attached to an aromatic ring is 2. The second-order valence-corrected chi connectivity index (χ2v) is 4.87. The van der Waals surface area contributed by atoms with Gasteiger partial charge < -0.3 is 21.1 Å². The maximum atomic E-state index is 11.9. The van der Waals surface area contributed by atoms with E-state index >= 15 is 0 Å². The minimum Gasteiger partial charge on any atom is -0.410 e. The molecule has 126 valence electrons. The van der Waals surface area contributed by atoms with Crippen molar-refractivity contribution in [3.8, 4) is 5.75 Å². The molecule has 4 N–H and O–H groups in total. The van der Waals surface area contributed by atoms with Crippen molar-refractivity contribution in [1.82, 2.24) is 9.88 Å². The van der Waals surface area contributed by atoms with Crippen LogP contribution in [0.15, 0.2) is 46.6 Å². The van der Waals surface area contributed by atoms with Crippen LogP contribution >= 0.6 is 0 Å². The number of rotatable bonds is 5. The standard InChI is InChI=1S/C16H20N6O2/c1-3-22(4-2)16(23)24-12-7-5-11(6-8-12)20-21-13-9-10-14(17)19-15(13)18/h5-10H,3-4H2,1-2H3,(H4,17,18,19)/b21-20+. The van der Waals surface area contributed by atoms with Crippen molar-refractivity contribution < 1.29 is 9.53 Å². The predicted octanol–water partition coefficient (Wildman–Crippen LogP) is 3.50. The molecule has 8 heteroatoms. The van der Waals surface area contributed by atoms with Crippen LogP contribution in [0.2, 0.25) is 0 Å². The van der Waals surface area contributed by atoms with Crippen molar-refractivity contribution in [3.63, 3.8) is 0 Å². The van der Waals surface area contributed by atoms with Crippen molar-refractivity contribution in [2.24, 2.45) is 10.2 Å². The van der Waals surface area contributed by atoms with Crippen molar-refractivity contribution in [2.75, 3.05) is 24.6 Å². The first kappa shape index (κ1) is 17.2. The van der Waals surface area contributed by atoms with Crippen LogP contribution in [0.4, 0.5) is 27.8 Å². The van der Waals surface area contributed by atoms with E-state index in [1.165, 1.54) is 0 Å². The highest BCUT2D eigenvalue weighted by Gasteiger charge is 2.11. The van der Waals surface area contributed by atoms with Crippen molar-refractivity contribution in [1.29, 1.82) is 0 Å². The van der Waals surface area contributed by atoms with Crippen LogP contribution in [0, 0.1) is 0 Å². The monoisotopic (exact) mass is 328 g/mol. The fourth-order valence-corrected chi connectivity index (χ4v) is 1.91. The van der Waals surface area contributed by atoms with Gasteiger partial charge in [0.15, 0.2) is 5.82 Å². The van der Waals surface area contributed by atoms with Crippen LogP contribution in [0.1, 0.15) is 13.8 Å². The summed E-state index contributed by atoms with van der Waals surface area (Å²) < 4.78 is 5.28. The lowest BCUT2D eigenvalue weighted by Crippen LogP contribution is -2.33. The number of azo groups is 1. The summed E-state index contributed by atoms with van der Waals surface area (Å²) in [6, 6.07) is 9.92. The van der Waals surface area contributed by atoms with Gasteiger partial charge in [-0.05, 0) is 50.2 Å². The molecule has 0 unspecified atom stereocenters. The summed E-state index contributed by atoms with van der Waals surface area (Å²) in [7, 11) is 0. The van der Waals surface area contributed by atoms with E-state index in [0.717, 1.165) is 0 Å². The minimum atomic E-state index is -0.380. The Morgan fingerprint density at radius 1 is 1.08 bits per heavy atom. The van der Waals surface area contributed by atoms with E-state index < -0.39 is 0 Å². The van der Waals surface area contributed by atoms with E-state index in [1.807, 2.05) is 13.8 Å². The molecule has 1 heterocycles. The number of ether oxygens (including phenoxy) is 1. The third-order valence-electron chi connectivity index (χ3n) is 3.26. The molecule has 0 aliphatic heterocycles. The fraction of sp³-hybridized carbons (Fsp3) is 0.250. The lowest BCUT2D eigenvalue weighted by molar-refractivity contribution is 0.157. The first-order chi connectivity index (χ1) is 11.5. The number of carbonyl (C=O) groups is 1. The third-order valence-corrected chi connectivity index (χ3v) is 3.26. The highest BCUT2D eigenvalue weighted by molar-refractivity contribution is 5.70. The van der Waals surface area contributed by atoms with E-state index in [9.17, 15) is 4.79 Å². The summed E-state index contributed by atoms with van der Waals surface area (Å²) in [6.45, 7) is 4.98. The molecule has 0 spiro atoms. The summed E-state index contributed by atoms with van der Waals surface area (Å²) in [5.41, 5.74) is 12.3. The van der Waals surface area contributed by atoms with E-state index in [2.05, 4.69) is 15.2 Å². The van der Waals surface area contributed by atoms with Gasteiger partial charge in [0.2, 0.25) is 0 Å². The zero-order valence-corrected chi connectivity index (χ0v) is 13.6. The van der Waals surface area contributed by atoms with Crippen LogP contribution < -0.4 is 16.2 Å². The van der Waals surface area contributed by atoms with Crippen LogP contribution in [-0.4, -0.2) is 29.1 Å². The second-order valence-electron chi connectivity index (χ2n) is 4.87. The molecule has 1 aromatic heterocycles. The Kier molecular flexibility index (Phi) is 5.67. The summed E-state index contributed by atoms with van der Waals surface area (Å²) in [4.78, 5) is 17.4. The molecule has 0 saturated heterocycles. The Morgan fingerprint density at radius 3 is 2.33 bits per heavy atom. The number of nitrogens with zero attached hydrogens (tertiary/aromatic N) is 4. The van der Waals surface area contributed by atoms with E-state index in [-0.39, 0.29) is 11.9 Å². The van der Waals surface area contributed by atoms with Gasteiger partial charge in [0.1, 0.15) is 17.3 Å². The topological polar surface area (TPSA) is 119 Å². The van der Waals surface area contributed by atoms with Crippen LogP contribution in [0.3, 0.4) is 0 Å².